The number of esters is 1. The average molecular weight is 292 g/mol. The Balaban J connectivity index is 2.32. The van der Waals surface area contributed by atoms with Crippen LogP contribution in [-0.2, 0) is 17.7 Å². The van der Waals surface area contributed by atoms with Crippen molar-refractivity contribution in [2.24, 2.45) is 5.92 Å². The molecular weight excluding hydrogens is 272 g/mol. The van der Waals surface area contributed by atoms with E-state index < -0.39 is 5.97 Å². The first kappa shape index (κ1) is 15.2. The molecule has 114 valence electrons. The standard InChI is InChI=1S/C14H20N4O3/c1-5-20-14(19)13-12(6-9(2)3)18(17-16-13)7-11-10(4)21-8-15-11/h8-9H,5-7H2,1-4H3. The number of rotatable bonds is 6. The fourth-order valence-electron chi connectivity index (χ4n) is 2.03. The van der Waals surface area contributed by atoms with Crippen LogP contribution in [0, 0.1) is 12.8 Å². The van der Waals surface area contributed by atoms with Crippen LogP contribution in [0.4, 0.5) is 0 Å². The maximum absolute atomic E-state index is 12.0. The minimum atomic E-state index is -0.434. The molecule has 0 bridgehead atoms. The molecular formula is C14H20N4O3. The lowest BCUT2D eigenvalue weighted by Crippen LogP contribution is -2.14. The summed E-state index contributed by atoms with van der Waals surface area (Å²) in [6.45, 7) is 8.50. The Bertz CT molecular complexity index is 616. The maximum atomic E-state index is 12.0. The van der Waals surface area contributed by atoms with E-state index in [4.69, 9.17) is 9.15 Å². The third-order valence-electron chi connectivity index (χ3n) is 3.05. The molecule has 0 aliphatic heterocycles. The molecule has 21 heavy (non-hydrogen) atoms. The lowest BCUT2D eigenvalue weighted by atomic mass is 10.1. The predicted molar refractivity (Wildman–Crippen MR) is 74.9 cm³/mol. The van der Waals surface area contributed by atoms with Gasteiger partial charge in [-0.1, -0.05) is 19.1 Å². The van der Waals surface area contributed by atoms with Crippen molar-refractivity contribution in [2.75, 3.05) is 6.61 Å². The summed E-state index contributed by atoms with van der Waals surface area (Å²) in [6, 6.07) is 0. The number of nitrogens with zero attached hydrogens (tertiary/aromatic N) is 4. The van der Waals surface area contributed by atoms with E-state index in [0.29, 0.717) is 25.5 Å². The van der Waals surface area contributed by atoms with Gasteiger partial charge in [-0.3, -0.25) is 0 Å². The summed E-state index contributed by atoms with van der Waals surface area (Å²) in [5, 5.41) is 8.05. The Morgan fingerprint density at radius 3 is 2.81 bits per heavy atom. The second-order valence-corrected chi connectivity index (χ2v) is 5.22. The van der Waals surface area contributed by atoms with Gasteiger partial charge in [0.1, 0.15) is 11.5 Å². The lowest BCUT2D eigenvalue weighted by Gasteiger charge is -2.09. The van der Waals surface area contributed by atoms with Crippen LogP contribution in [0.25, 0.3) is 0 Å². The summed E-state index contributed by atoms with van der Waals surface area (Å²) in [6.07, 6.45) is 2.09. The van der Waals surface area contributed by atoms with E-state index in [0.717, 1.165) is 17.1 Å². The predicted octanol–water partition coefficient (Wildman–Crippen LogP) is 2.00. The molecule has 0 radical (unpaired) electrons. The third-order valence-corrected chi connectivity index (χ3v) is 3.05. The third kappa shape index (κ3) is 3.48. The van der Waals surface area contributed by atoms with Crippen molar-refractivity contribution in [3.05, 3.63) is 29.2 Å². The lowest BCUT2D eigenvalue weighted by molar-refractivity contribution is 0.0517. The van der Waals surface area contributed by atoms with Gasteiger partial charge in [0, 0.05) is 0 Å². The van der Waals surface area contributed by atoms with Crippen LogP contribution >= 0.6 is 0 Å². The smallest absolute Gasteiger partial charge is 0.360 e. The molecule has 0 aliphatic rings. The van der Waals surface area contributed by atoms with Crippen LogP contribution in [0.3, 0.4) is 0 Å². The van der Waals surface area contributed by atoms with Crippen molar-refractivity contribution in [1.29, 1.82) is 0 Å². The van der Waals surface area contributed by atoms with Gasteiger partial charge in [0.2, 0.25) is 0 Å². The summed E-state index contributed by atoms with van der Waals surface area (Å²) in [5.41, 5.74) is 1.83. The highest BCUT2D eigenvalue weighted by atomic mass is 16.5. The number of hydrogen-bond acceptors (Lipinski definition) is 6. The highest BCUT2D eigenvalue weighted by Gasteiger charge is 2.22. The summed E-state index contributed by atoms with van der Waals surface area (Å²) in [7, 11) is 0. The maximum Gasteiger partial charge on any atom is 0.360 e. The van der Waals surface area contributed by atoms with Crippen LogP contribution in [0.1, 0.15) is 48.4 Å². The quantitative estimate of drug-likeness (QED) is 0.757. The number of hydrogen-bond donors (Lipinski definition) is 0. The van der Waals surface area contributed by atoms with E-state index in [-0.39, 0.29) is 5.69 Å². The normalized spacial score (nSPS) is 11.1. The summed E-state index contributed by atoms with van der Waals surface area (Å²) in [5.74, 6) is 0.670. The van der Waals surface area contributed by atoms with Gasteiger partial charge in [-0.2, -0.15) is 0 Å². The van der Waals surface area contributed by atoms with E-state index in [1.165, 1.54) is 6.39 Å². The van der Waals surface area contributed by atoms with Crippen LogP contribution in [0.2, 0.25) is 0 Å². The zero-order valence-electron chi connectivity index (χ0n) is 12.8. The van der Waals surface area contributed by atoms with Crippen molar-refractivity contribution in [1.82, 2.24) is 20.0 Å². The van der Waals surface area contributed by atoms with Gasteiger partial charge in [0.25, 0.3) is 0 Å². The van der Waals surface area contributed by atoms with Crippen molar-refractivity contribution >= 4 is 5.97 Å². The van der Waals surface area contributed by atoms with Crippen molar-refractivity contribution < 1.29 is 13.9 Å². The molecule has 2 aromatic rings. The first-order chi connectivity index (χ1) is 10.0. The van der Waals surface area contributed by atoms with Gasteiger partial charge < -0.3 is 9.15 Å². The Labute approximate surface area is 123 Å². The van der Waals surface area contributed by atoms with Crippen molar-refractivity contribution in [3.63, 3.8) is 0 Å². The first-order valence-electron chi connectivity index (χ1n) is 7.01. The molecule has 0 N–H and O–H groups in total. The topological polar surface area (TPSA) is 83.0 Å². The zero-order valence-corrected chi connectivity index (χ0v) is 12.8. The summed E-state index contributed by atoms with van der Waals surface area (Å²) in [4.78, 5) is 16.1. The van der Waals surface area contributed by atoms with E-state index >= 15 is 0 Å². The highest BCUT2D eigenvalue weighted by Crippen LogP contribution is 2.15. The molecule has 2 heterocycles. The molecule has 0 saturated carbocycles. The molecule has 0 atom stereocenters. The summed E-state index contributed by atoms with van der Waals surface area (Å²) >= 11 is 0. The molecule has 0 aromatic carbocycles. The molecule has 2 aromatic heterocycles. The molecule has 0 unspecified atom stereocenters. The first-order valence-corrected chi connectivity index (χ1v) is 7.01. The number of oxazole rings is 1. The zero-order chi connectivity index (χ0) is 15.4. The monoisotopic (exact) mass is 292 g/mol. The molecule has 0 amide bonds. The largest absolute Gasteiger partial charge is 0.461 e. The Hall–Kier alpha value is -2.18. The molecule has 7 nitrogen and oxygen atoms in total. The van der Waals surface area contributed by atoms with Gasteiger partial charge in [0.15, 0.2) is 12.1 Å². The molecule has 7 heteroatoms. The van der Waals surface area contributed by atoms with Gasteiger partial charge in [-0.05, 0) is 26.2 Å². The second-order valence-electron chi connectivity index (χ2n) is 5.22. The number of carbonyl (C=O) groups is 1. The minimum Gasteiger partial charge on any atom is -0.461 e. The van der Waals surface area contributed by atoms with Crippen LogP contribution in [0.15, 0.2) is 10.8 Å². The van der Waals surface area contributed by atoms with Crippen LogP contribution in [0.5, 0.6) is 0 Å². The van der Waals surface area contributed by atoms with E-state index in [2.05, 4.69) is 29.1 Å². The van der Waals surface area contributed by atoms with E-state index in [1.54, 1.807) is 11.6 Å². The van der Waals surface area contributed by atoms with E-state index in [9.17, 15) is 4.79 Å². The fourth-order valence-corrected chi connectivity index (χ4v) is 2.03. The number of aromatic nitrogens is 4. The van der Waals surface area contributed by atoms with Gasteiger partial charge >= 0.3 is 5.97 Å². The molecule has 0 spiro atoms. The van der Waals surface area contributed by atoms with Crippen LogP contribution < -0.4 is 0 Å². The number of aryl methyl sites for hydroxylation is 1. The molecule has 0 fully saturated rings. The second kappa shape index (κ2) is 6.51. The number of ether oxygens (including phenoxy) is 1. The Morgan fingerprint density at radius 1 is 1.48 bits per heavy atom. The van der Waals surface area contributed by atoms with Gasteiger partial charge in [0.05, 0.1) is 18.8 Å². The molecule has 0 aliphatic carbocycles. The molecule has 2 rings (SSSR count). The average Bonchev–Trinajstić information content (AvgIpc) is 2.98. The Kier molecular flexibility index (Phi) is 4.72. The van der Waals surface area contributed by atoms with Gasteiger partial charge in [-0.25, -0.2) is 14.5 Å². The van der Waals surface area contributed by atoms with Crippen LogP contribution in [-0.4, -0.2) is 32.6 Å². The van der Waals surface area contributed by atoms with Crippen molar-refractivity contribution in [2.45, 2.75) is 40.7 Å². The highest BCUT2D eigenvalue weighted by molar-refractivity contribution is 5.88. The minimum absolute atomic E-state index is 0.284. The fraction of sp³-hybridized carbons (Fsp3) is 0.571. The molecule has 0 saturated heterocycles. The SMILES string of the molecule is CCOC(=O)c1nnn(Cc2ncoc2C)c1CC(C)C. The number of carbonyl (C=O) groups excluding carboxylic acids is 1. The van der Waals surface area contributed by atoms with E-state index in [1.807, 2.05) is 6.92 Å². The van der Waals surface area contributed by atoms with Crippen molar-refractivity contribution in [3.8, 4) is 0 Å². The summed E-state index contributed by atoms with van der Waals surface area (Å²) < 4.78 is 11.9. The van der Waals surface area contributed by atoms with Gasteiger partial charge in [-0.15, -0.1) is 5.10 Å². The Morgan fingerprint density at radius 2 is 2.24 bits per heavy atom.